The van der Waals surface area contributed by atoms with E-state index in [-0.39, 0.29) is 29.5 Å². The van der Waals surface area contributed by atoms with Gasteiger partial charge in [-0.1, -0.05) is 12.1 Å². The van der Waals surface area contributed by atoms with Crippen molar-refractivity contribution in [1.82, 2.24) is 0 Å². The molecule has 0 fully saturated rings. The molecular weight excluding hydrogens is 340 g/mol. The van der Waals surface area contributed by atoms with Gasteiger partial charge in [-0.2, -0.15) is 0 Å². The number of carbonyl (C=O) groups excluding carboxylic acids is 2. The molecule has 0 aliphatic rings. The van der Waals surface area contributed by atoms with E-state index in [1.165, 1.54) is 26.2 Å². The molecule has 0 saturated carbocycles. The Labute approximate surface area is 149 Å². The molecule has 136 valence electrons. The summed E-state index contributed by atoms with van der Waals surface area (Å²) in [7, 11) is 1.38. The molecule has 2 rings (SSSR count). The van der Waals surface area contributed by atoms with E-state index in [0.29, 0.717) is 11.3 Å². The number of ketones is 1. The Balaban J connectivity index is 2.42. The zero-order valence-corrected chi connectivity index (χ0v) is 14.6. The van der Waals surface area contributed by atoms with E-state index < -0.39 is 16.5 Å². The Bertz CT molecular complexity index is 863. The molecule has 0 atom stereocenters. The zero-order chi connectivity index (χ0) is 19.3. The van der Waals surface area contributed by atoms with Crippen LogP contribution in [0.5, 0.6) is 11.5 Å². The Kier molecular flexibility index (Phi) is 5.90. The van der Waals surface area contributed by atoms with Crippen molar-refractivity contribution in [3.63, 3.8) is 0 Å². The van der Waals surface area contributed by atoms with E-state index in [0.717, 1.165) is 6.07 Å². The number of nitro groups is 1. The van der Waals surface area contributed by atoms with Gasteiger partial charge in [0.25, 0.3) is 11.6 Å². The minimum atomic E-state index is -0.696. The highest BCUT2D eigenvalue weighted by molar-refractivity contribution is 6.08. The first-order valence-electron chi connectivity index (χ1n) is 7.79. The van der Waals surface area contributed by atoms with Gasteiger partial charge in [-0.3, -0.25) is 19.7 Å². The van der Waals surface area contributed by atoms with E-state index >= 15 is 0 Å². The quantitative estimate of drug-likeness (QED) is 0.461. The highest BCUT2D eigenvalue weighted by Crippen LogP contribution is 2.35. The predicted molar refractivity (Wildman–Crippen MR) is 95.2 cm³/mol. The molecule has 2 aromatic carbocycles. The average Bonchev–Trinajstić information content (AvgIpc) is 2.61. The monoisotopic (exact) mass is 358 g/mol. The molecule has 0 bridgehead atoms. The van der Waals surface area contributed by atoms with Crippen LogP contribution in [0.15, 0.2) is 36.4 Å². The Morgan fingerprint density at radius 2 is 1.92 bits per heavy atom. The van der Waals surface area contributed by atoms with Crippen molar-refractivity contribution in [3.8, 4) is 11.5 Å². The summed E-state index contributed by atoms with van der Waals surface area (Å²) in [6.07, 6.45) is 0. The van der Waals surface area contributed by atoms with Gasteiger partial charge in [-0.15, -0.1) is 0 Å². The number of hydrogen-bond acceptors (Lipinski definition) is 6. The number of nitrogens with one attached hydrogen (secondary N) is 1. The first-order valence-corrected chi connectivity index (χ1v) is 7.79. The molecule has 0 heterocycles. The van der Waals surface area contributed by atoms with Gasteiger partial charge in [0, 0.05) is 17.3 Å². The highest BCUT2D eigenvalue weighted by atomic mass is 16.6. The van der Waals surface area contributed by atoms with E-state index in [1.54, 1.807) is 25.1 Å². The number of Topliss-reactive ketones (excluding diaryl/α,β-unsaturated/α-hetero) is 1. The van der Waals surface area contributed by atoms with Gasteiger partial charge in [0.2, 0.25) is 0 Å². The van der Waals surface area contributed by atoms with Crippen LogP contribution in [-0.4, -0.2) is 30.3 Å². The van der Waals surface area contributed by atoms with Crippen molar-refractivity contribution >= 4 is 23.1 Å². The lowest BCUT2D eigenvalue weighted by atomic mass is 10.1. The maximum atomic E-state index is 12.6. The second-order valence-corrected chi connectivity index (χ2v) is 5.30. The van der Waals surface area contributed by atoms with Crippen molar-refractivity contribution < 1.29 is 24.0 Å². The first-order chi connectivity index (χ1) is 12.4. The number of benzene rings is 2. The van der Waals surface area contributed by atoms with Gasteiger partial charge >= 0.3 is 0 Å². The second-order valence-electron chi connectivity index (χ2n) is 5.30. The summed E-state index contributed by atoms with van der Waals surface area (Å²) in [4.78, 5) is 34.7. The maximum Gasteiger partial charge on any atom is 0.286 e. The zero-order valence-electron chi connectivity index (χ0n) is 14.6. The van der Waals surface area contributed by atoms with Crippen LogP contribution in [-0.2, 0) is 0 Å². The summed E-state index contributed by atoms with van der Waals surface area (Å²) >= 11 is 0. The lowest BCUT2D eigenvalue weighted by Gasteiger charge is -2.12. The fourth-order valence-corrected chi connectivity index (χ4v) is 2.32. The van der Waals surface area contributed by atoms with E-state index in [1.807, 2.05) is 0 Å². The van der Waals surface area contributed by atoms with Crippen molar-refractivity contribution in [2.75, 3.05) is 19.0 Å². The van der Waals surface area contributed by atoms with Crippen molar-refractivity contribution in [1.29, 1.82) is 0 Å². The van der Waals surface area contributed by atoms with Gasteiger partial charge in [0.1, 0.15) is 5.56 Å². The fourth-order valence-electron chi connectivity index (χ4n) is 2.32. The van der Waals surface area contributed by atoms with E-state index in [9.17, 15) is 19.7 Å². The number of anilines is 1. The third-order valence-electron chi connectivity index (χ3n) is 3.55. The topological polar surface area (TPSA) is 108 Å². The van der Waals surface area contributed by atoms with E-state index in [4.69, 9.17) is 9.47 Å². The Morgan fingerprint density at radius 3 is 2.50 bits per heavy atom. The van der Waals surface area contributed by atoms with Gasteiger partial charge in [-0.05, 0) is 26.0 Å². The third-order valence-corrected chi connectivity index (χ3v) is 3.55. The minimum Gasteiger partial charge on any atom is -0.493 e. The number of ether oxygens (including phenoxy) is 2. The first kappa shape index (κ1) is 18.9. The smallest absolute Gasteiger partial charge is 0.286 e. The van der Waals surface area contributed by atoms with Crippen LogP contribution in [0.2, 0.25) is 0 Å². The summed E-state index contributed by atoms with van der Waals surface area (Å²) < 4.78 is 10.5. The van der Waals surface area contributed by atoms with Gasteiger partial charge in [-0.25, -0.2) is 0 Å². The van der Waals surface area contributed by atoms with Crippen LogP contribution in [0, 0.1) is 10.1 Å². The number of amides is 1. The van der Waals surface area contributed by atoms with Crippen LogP contribution in [0.1, 0.15) is 34.6 Å². The number of nitro benzene ring substituents is 1. The summed E-state index contributed by atoms with van der Waals surface area (Å²) in [5, 5.41) is 13.9. The fraction of sp³-hybridized carbons (Fsp3) is 0.222. The highest BCUT2D eigenvalue weighted by Gasteiger charge is 2.25. The molecule has 0 saturated heterocycles. The number of nitrogens with zero attached hydrogens (tertiary/aromatic N) is 1. The Morgan fingerprint density at radius 1 is 1.19 bits per heavy atom. The van der Waals surface area contributed by atoms with Crippen LogP contribution in [0.3, 0.4) is 0 Å². The maximum absolute atomic E-state index is 12.6. The molecule has 1 amide bonds. The van der Waals surface area contributed by atoms with E-state index in [2.05, 4.69) is 5.32 Å². The standard InChI is InChI=1S/C18H18N2O6/c1-4-26-17-10-15(20(23)24)14(9-16(17)25-3)18(22)19-13-7-5-6-12(8-13)11(2)21/h5-10H,4H2,1-3H3,(H,19,22). The van der Waals surface area contributed by atoms with Crippen LogP contribution < -0.4 is 14.8 Å². The third kappa shape index (κ3) is 4.15. The van der Waals surface area contributed by atoms with Crippen LogP contribution >= 0.6 is 0 Å². The van der Waals surface area contributed by atoms with Gasteiger partial charge in [0.05, 0.1) is 24.7 Å². The molecule has 8 heteroatoms. The average molecular weight is 358 g/mol. The van der Waals surface area contributed by atoms with Crippen molar-refractivity contribution in [3.05, 3.63) is 57.6 Å². The molecule has 0 unspecified atom stereocenters. The van der Waals surface area contributed by atoms with Crippen LogP contribution in [0.25, 0.3) is 0 Å². The summed E-state index contributed by atoms with van der Waals surface area (Å²) in [6, 6.07) is 8.72. The minimum absolute atomic E-state index is 0.158. The lowest BCUT2D eigenvalue weighted by Crippen LogP contribution is -2.15. The molecule has 0 radical (unpaired) electrons. The molecule has 8 nitrogen and oxygen atoms in total. The van der Waals surface area contributed by atoms with Crippen molar-refractivity contribution in [2.24, 2.45) is 0 Å². The summed E-state index contributed by atoms with van der Waals surface area (Å²) in [5.41, 5.74) is 0.185. The second kappa shape index (κ2) is 8.11. The number of rotatable bonds is 7. The normalized spacial score (nSPS) is 10.1. The van der Waals surface area contributed by atoms with Gasteiger partial charge in [0.15, 0.2) is 17.3 Å². The number of hydrogen-bond donors (Lipinski definition) is 1. The number of carbonyl (C=O) groups is 2. The van der Waals surface area contributed by atoms with Crippen molar-refractivity contribution in [2.45, 2.75) is 13.8 Å². The van der Waals surface area contributed by atoms with Gasteiger partial charge < -0.3 is 14.8 Å². The van der Waals surface area contributed by atoms with Crippen LogP contribution in [0.4, 0.5) is 11.4 Å². The molecule has 0 spiro atoms. The predicted octanol–water partition coefficient (Wildman–Crippen LogP) is 3.46. The summed E-state index contributed by atoms with van der Waals surface area (Å²) in [5.74, 6) is -0.467. The Hall–Kier alpha value is -3.42. The molecule has 26 heavy (non-hydrogen) atoms. The molecule has 0 aliphatic heterocycles. The SMILES string of the molecule is CCOc1cc([N+](=O)[O-])c(C(=O)Nc2cccc(C(C)=O)c2)cc1OC. The molecule has 2 aromatic rings. The number of methoxy groups -OCH3 is 1. The molecule has 0 aromatic heterocycles. The molecule has 1 N–H and O–H groups in total. The molecule has 0 aliphatic carbocycles. The summed E-state index contributed by atoms with van der Waals surface area (Å²) in [6.45, 7) is 3.42. The molecular formula is C18H18N2O6. The largest absolute Gasteiger partial charge is 0.493 e. The lowest BCUT2D eigenvalue weighted by molar-refractivity contribution is -0.385.